The Kier molecular flexibility index (Phi) is 5.79. The molecule has 1 aliphatic heterocycles. The molecule has 0 radical (unpaired) electrons. The first-order chi connectivity index (χ1) is 15.7. The minimum atomic E-state index is -0.349. The topological polar surface area (TPSA) is 88.9 Å². The quantitative estimate of drug-likeness (QED) is 0.506. The molecule has 8 heteroatoms. The van der Waals surface area contributed by atoms with Crippen LogP contribution in [-0.2, 0) is 17.7 Å². The zero-order valence-corrected chi connectivity index (χ0v) is 18.1. The smallest absolute Gasteiger partial charge is 0.253 e. The molecule has 164 valence electrons. The zero-order valence-electron chi connectivity index (χ0n) is 18.1. The molecule has 0 unspecified atom stereocenters. The molecular formula is C24H26N6O2. The van der Waals surface area contributed by atoms with Crippen LogP contribution >= 0.6 is 0 Å². The Bertz CT molecular complexity index is 1260. The number of nitrogens with zero attached hydrogens (tertiary/aromatic N) is 5. The van der Waals surface area contributed by atoms with Gasteiger partial charge in [0.1, 0.15) is 6.04 Å². The number of aromatic nitrogens is 5. The number of ether oxygens (including phenoxy) is 1. The predicted octanol–water partition coefficient (Wildman–Crippen LogP) is 2.49. The summed E-state index contributed by atoms with van der Waals surface area (Å²) in [5, 5.41) is 13.6. The Morgan fingerprint density at radius 1 is 1.09 bits per heavy atom. The van der Waals surface area contributed by atoms with Crippen LogP contribution in [0.3, 0.4) is 0 Å². The average molecular weight is 431 g/mol. The summed E-state index contributed by atoms with van der Waals surface area (Å²) < 4.78 is 7.40. The lowest BCUT2D eigenvalue weighted by Crippen LogP contribution is -2.42. The van der Waals surface area contributed by atoms with Crippen molar-refractivity contribution in [3.05, 3.63) is 87.5 Å². The van der Waals surface area contributed by atoms with Crippen LogP contribution in [0.15, 0.2) is 59.4 Å². The minimum absolute atomic E-state index is 0.115. The molecule has 1 N–H and O–H groups in total. The summed E-state index contributed by atoms with van der Waals surface area (Å²) in [6, 6.07) is 17.9. The molecule has 1 aliphatic rings. The van der Waals surface area contributed by atoms with Gasteiger partial charge in [0.15, 0.2) is 5.82 Å². The maximum absolute atomic E-state index is 13.2. The molecule has 2 aromatic carbocycles. The van der Waals surface area contributed by atoms with Gasteiger partial charge in [0.05, 0.1) is 13.2 Å². The van der Waals surface area contributed by atoms with Gasteiger partial charge in [-0.2, -0.15) is 0 Å². The van der Waals surface area contributed by atoms with E-state index in [1.165, 1.54) is 5.56 Å². The largest absolute Gasteiger partial charge is 0.379 e. The number of aryl methyl sites for hydroxylation is 3. The van der Waals surface area contributed by atoms with E-state index >= 15 is 0 Å². The zero-order chi connectivity index (χ0) is 21.9. The summed E-state index contributed by atoms with van der Waals surface area (Å²) in [4.78, 5) is 18.5. The number of tetrazole rings is 1. The normalized spacial score (nSPS) is 15.8. The predicted molar refractivity (Wildman–Crippen MR) is 122 cm³/mol. The van der Waals surface area contributed by atoms with Crippen molar-refractivity contribution in [3.63, 3.8) is 0 Å². The maximum atomic E-state index is 13.2. The van der Waals surface area contributed by atoms with Crippen molar-refractivity contribution in [2.75, 3.05) is 26.3 Å². The molecule has 2 aromatic heterocycles. The SMILES string of the molecule is Cc1ccc2[nH]c(=O)c([C@H](c3nnnn3CCc3ccccc3)N3CCOCC3)cc2c1. The first kappa shape index (κ1) is 20.5. The van der Waals surface area contributed by atoms with Crippen LogP contribution in [0.25, 0.3) is 10.9 Å². The van der Waals surface area contributed by atoms with Gasteiger partial charge in [0.2, 0.25) is 0 Å². The van der Waals surface area contributed by atoms with Crippen molar-refractivity contribution < 1.29 is 4.74 Å². The highest BCUT2D eigenvalue weighted by Gasteiger charge is 2.31. The van der Waals surface area contributed by atoms with E-state index in [1.807, 2.05) is 48.0 Å². The van der Waals surface area contributed by atoms with Gasteiger partial charge in [-0.25, -0.2) is 4.68 Å². The Hall–Kier alpha value is -3.36. The number of pyridine rings is 1. The van der Waals surface area contributed by atoms with Crippen LogP contribution in [0.5, 0.6) is 0 Å². The fourth-order valence-electron chi connectivity index (χ4n) is 4.33. The van der Waals surface area contributed by atoms with E-state index < -0.39 is 0 Å². The van der Waals surface area contributed by atoms with Crippen LogP contribution in [-0.4, -0.2) is 56.4 Å². The second-order valence-electron chi connectivity index (χ2n) is 8.19. The van der Waals surface area contributed by atoms with Gasteiger partial charge in [0.25, 0.3) is 5.56 Å². The van der Waals surface area contributed by atoms with Crippen molar-refractivity contribution in [3.8, 4) is 0 Å². The first-order valence-electron chi connectivity index (χ1n) is 10.9. The monoisotopic (exact) mass is 430 g/mol. The van der Waals surface area contributed by atoms with E-state index in [0.717, 1.165) is 22.9 Å². The average Bonchev–Trinajstić information content (AvgIpc) is 3.28. The van der Waals surface area contributed by atoms with Crippen LogP contribution in [0, 0.1) is 6.92 Å². The number of H-pyrrole nitrogens is 1. The maximum Gasteiger partial charge on any atom is 0.253 e. The summed E-state index contributed by atoms with van der Waals surface area (Å²) in [5.74, 6) is 0.681. The number of nitrogens with one attached hydrogen (secondary N) is 1. The fourth-order valence-corrected chi connectivity index (χ4v) is 4.33. The third kappa shape index (κ3) is 4.19. The van der Waals surface area contributed by atoms with Gasteiger partial charge in [-0.05, 0) is 52.9 Å². The first-order valence-corrected chi connectivity index (χ1v) is 10.9. The molecule has 0 spiro atoms. The van der Waals surface area contributed by atoms with E-state index in [4.69, 9.17) is 4.74 Å². The lowest BCUT2D eigenvalue weighted by atomic mass is 10.0. The van der Waals surface area contributed by atoms with E-state index in [9.17, 15) is 4.79 Å². The lowest BCUT2D eigenvalue weighted by Gasteiger charge is -2.33. The number of hydrogen-bond acceptors (Lipinski definition) is 6. The second kappa shape index (κ2) is 9.02. The summed E-state index contributed by atoms with van der Waals surface area (Å²) in [5.41, 5.74) is 3.73. The van der Waals surface area contributed by atoms with Gasteiger partial charge < -0.3 is 9.72 Å². The highest BCUT2D eigenvalue weighted by molar-refractivity contribution is 5.79. The van der Waals surface area contributed by atoms with Crippen LogP contribution in [0.1, 0.15) is 28.6 Å². The summed E-state index contributed by atoms with van der Waals surface area (Å²) in [7, 11) is 0. The molecule has 1 fully saturated rings. The molecule has 8 nitrogen and oxygen atoms in total. The van der Waals surface area contributed by atoms with Gasteiger partial charge in [-0.1, -0.05) is 42.0 Å². The van der Waals surface area contributed by atoms with E-state index in [1.54, 1.807) is 0 Å². The Morgan fingerprint density at radius 3 is 2.72 bits per heavy atom. The molecule has 0 aliphatic carbocycles. The Balaban J connectivity index is 1.56. The number of hydrogen-bond donors (Lipinski definition) is 1. The number of aromatic amines is 1. The van der Waals surface area contributed by atoms with E-state index in [-0.39, 0.29) is 11.6 Å². The number of rotatable bonds is 6. The Labute approximate surface area is 185 Å². The van der Waals surface area contributed by atoms with Crippen molar-refractivity contribution in [2.45, 2.75) is 25.9 Å². The van der Waals surface area contributed by atoms with Crippen molar-refractivity contribution in [1.29, 1.82) is 0 Å². The van der Waals surface area contributed by atoms with Gasteiger partial charge in [0, 0.05) is 30.7 Å². The van der Waals surface area contributed by atoms with Crippen LogP contribution in [0.4, 0.5) is 0 Å². The summed E-state index contributed by atoms with van der Waals surface area (Å²) in [6.45, 7) is 5.34. The number of fused-ring (bicyclic) bond motifs is 1. The number of morpholine rings is 1. The molecule has 5 rings (SSSR count). The fraction of sp³-hybridized carbons (Fsp3) is 0.333. The minimum Gasteiger partial charge on any atom is -0.379 e. The highest BCUT2D eigenvalue weighted by atomic mass is 16.5. The van der Waals surface area contributed by atoms with Gasteiger partial charge in [-0.3, -0.25) is 9.69 Å². The molecule has 32 heavy (non-hydrogen) atoms. The van der Waals surface area contributed by atoms with E-state index in [0.29, 0.717) is 44.2 Å². The standard InChI is InChI=1S/C24H26N6O2/c1-17-7-8-21-19(15-17)16-20(24(31)25-21)22(29-11-13-32-14-12-29)23-26-27-28-30(23)10-9-18-5-3-2-4-6-18/h2-8,15-16,22H,9-14H2,1H3,(H,25,31)/t22-/m1/s1. The van der Waals surface area contributed by atoms with Crippen LogP contribution in [0.2, 0.25) is 0 Å². The molecule has 0 saturated carbocycles. The highest BCUT2D eigenvalue weighted by Crippen LogP contribution is 2.27. The molecule has 3 heterocycles. The van der Waals surface area contributed by atoms with Crippen LogP contribution < -0.4 is 5.56 Å². The molecule has 0 amide bonds. The molecule has 0 bridgehead atoms. The van der Waals surface area contributed by atoms with Gasteiger partial charge in [-0.15, -0.1) is 5.10 Å². The summed E-state index contributed by atoms with van der Waals surface area (Å²) >= 11 is 0. The molecular weight excluding hydrogens is 404 g/mol. The third-order valence-electron chi connectivity index (χ3n) is 5.99. The third-order valence-corrected chi connectivity index (χ3v) is 5.99. The summed E-state index contributed by atoms with van der Waals surface area (Å²) in [6.07, 6.45) is 0.808. The molecule has 1 atom stereocenters. The van der Waals surface area contributed by atoms with Gasteiger partial charge >= 0.3 is 0 Å². The number of benzene rings is 2. The second-order valence-corrected chi connectivity index (χ2v) is 8.19. The van der Waals surface area contributed by atoms with Crippen molar-refractivity contribution in [2.24, 2.45) is 0 Å². The van der Waals surface area contributed by atoms with Crippen molar-refractivity contribution >= 4 is 10.9 Å². The molecule has 1 saturated heterocycles. The lowest BCUT2D eigenvalue weighted by molar-refractivity contribution is 0.0214. The molecule has 4 aromatic rings. The van der Waals surface area contributed by atoms with Crippen molar-refractivity contribution in [1.82, 2.24) is 30.1 Å². The van der Waals surface area contributed by atoms with E-state index in [2.05, 4.69) is 43.6 Å². The Morgan fingerprint density at radius 2 is 1.91 bits per heavy atom.